The van der Waals surface area contributed by atoms with Crippen molar-refractivity contribution >= 4 is 29.1 Å². The monoisotopic (exact) mass is 383 g/mol. The normalized spacial score (nSPS) is 12.9. The second kappa shape index (κ2) is 7.80. The van der Waals surface area contributed by atoms with Gasteiger partial charge in [-0.05, 0) is 56.7 Å². The highest BCUT2D eigenvalue weighted by Gasteiger charge is 2.38. The van der Waals surface area contributed by atoms with Gasteiger partial charge in [-0.3, -0.25) is 19.3 Å². The quantitative estimate of drug-likeness (QED) is 0.778. The molecule has 0 saturated heterocycles. The first-order chi connectivity index (χ1) is 13.4. The molecule has 1 N–H and O–H groups in total. The Morgan fingerprint density at radius 1 is 1.11 bits per heavy atom. The largest absolute Gasteiger partial charge is 0.372 e. The van der Waals surface area contributed by atoms with E-state index in [-0.39, 0.29) is 11.1 Å². The first-order valence-electron chi connectivity index (χ1n) is 9.17. The molecule has 146 valence electrons. The molecule has 0 saturated carbocycles. The van der Waals surface area contributed by atoms with Gasteiger partial charge in [-0.1, -0.05) is 6.07 Å². The summed E-state index contributed by atoms with van der Waals surface area (Å²) < 4.78 is 13.9. The number of rotatable bonds is 6. The van der Waals surface area contributed by atoms with Crippen molar-refractivity contribution in [2.45, 2.75) is 20.8 Å². The van der Waals surface area contributed by atoms with Crippen LogP contribution < -0.4 is 10.2 Å². The standard InChI is InChI=1S/C21H22FN3O3/c1-4-24(5-2)14-9-10-17(13(3)11-14)23-18(26)12-25-20(27)15-7-6-8-16(22)19(15)21(25)28/h6-11H,4-5,12H2,1-3H3,(H,23,26). The van der Waals surface area contributed by atoms with E-state index in [4.69, 9.17) is 0 Å². The second-order valence-corrected chi connectivity index (χ2v) is 6.58. The van der Waals surface area contributed by atoms with Crippen LogP contribution >= 0.6 is 0 Å². The first kappa shape index (κ1) is 19.5. The van der Waals surface area contributed by atoms with Crippen molar-refractivity contribution in [1.29, 1.82) is 0 Å². The average Bonchev–Trinajstić information content (AvgIpc) is 2.91. The topological polar surface area (TPSA) is 69.7 Å². The summed E-state index contributed by atoms with van der Waals surface area (Å²) in [5.74, 6) is -2.74. The van der Waals surface area contributed by atoms with Crippen LogP contribution in [0.2, 0.25) is 0 Å². The van der Waals surface area contributed by atoms with Gasteiger partial charge in [-0.2, -0.15) is 0 Å². The SMILES string of the molecule is CCN(CC)c1ccc(NC(=O)CN2C(=O)c3cccc(F)c3C2=O)c(C)c1. The van der Waals surface area contributed by atoms with Crippen LogP contribution in [0.4, 0.5) is 15.8 Å². The molecule has 0 aromatic heterocycles. The molecule has 1 aliphatic rings. The van der Waals surface area contributed by atoms with Crippen molar-refractivity contribution in [3.05, 3.63) is 58.9 Å². The van der Waals surface area contributed by atoms with Crippen LogP contribution in [0.25, 0.3) is 0 Å². The van der Waals surface area contributed by atoms with Crippen molar-refractivity contribution in [3.63, 3.8) is 0 Å². The van der Waals surface area contributed by atoms with Crippen molar-refractivity contribution in [1.82, 2.24) is 4.90 Å². The van der Waals surface area contributed by atoms with Gasteiger partial charge >= 0.3 is 0 Å². The number of aryl methyl sites for hydroxylation is 1. The third-order valence-corrected chi connectivity index (χ3v) is 4.86. The summed E-state index contributed by atoms with van der Waals surface area (Å²) in [6.45, 7) is 7.29. The third-order valence-electron chi connectivity index (χ3n) is 4.86. The van der Waals surface area contributed by atoms with Crippen LogP contribution in [-0.4, -0.2) is 42.3 Å². The minimum absolute atomic E-state index is 0.0162. The molecule has 0 fully saturated rings. The zero-order valence-corrected chi connectivity index (χ0v) is 16.1. The van der Waals surface area contributed by atoms with Gasteiger partial charge in [-0.15, -0.1) is 0 Å². The van der Waals surface area contributed by atoms with E-state index in [1.54, 1.807) is 6.07 Å². The molecular weight excluding hydrogens is 361 g/mol. The maximum absolute atomic E-state index is 13.9. The molecule has 28 heavy (non-hydrogen) atoms. The highest BCUT2D eigenvalue weighted by molar-refractivity contribution is 6.22. The molecule has 0 aliphatic carbocycles. The van der Waals surface area contributed by atoms with E-state index in [1.807, 2.05) is 19.1 Å². The maximum Gasteiger partial charge on any atom is 0.265 e. The lowest BCUT2D eigenvalue weighted by atomic mass is 10.1. The fourth-order valence-corrected chi connectivity index (χ4v) is 3.34. The summed E-state index contributed by atoms with van der Waals surface area (Å²) in [6, 6.07) is 9.54. The third kappa shape index (κ3) is 3.47. The number of imide groups is 1. The molecule has 1 heterocycles. The predicted molar refractivity (Wildman–Crippen MR) is 105 cm³/mol. The number of halogens is 1. The summed E-state index contributed by atoms with van der Waals surface area (Å²) in [5, 5.41) is 2.72. The van der Waals surface area contributed by atoms with E-state index < -0.39 is 30.1 Å². The zero-order chi connectivity index (χ0) is 20.4. The van der Waals surface area contributed by atoms with Crippen molar-refractivity contribution in [3.8, 4) is 0 Å². The fraction of sp³-hybridized carbons (Fsp3) is 0.286. The van der Waals surface area contributed by atoms with Crippen LogP contribution in [0.3, 0.4) is 0 Å². The van der Waals surface area contributed by atoms with Crippen LogP contribution in [0, 0.1) is 12.7 Å². The van der Waals surface area contributed by atoms with E-state index in [2.05, 4.69) is 24.1 Å². The molecule has 0 unspecified atom stereocenters. The Kier molecular flexibility index (Phi) is 5.44. The number of carbonyl (C=O) groups excluding carboxylic acids is 3. The van der Waals surface area contributed by atoms with Crippen molar-refractivity contribution < 1.29 is 18.8 Å². The summed E-state index contributed by atoms with van der Waals surface area (Å²) in [4.78, 5) is 40.1. The number of anilines is 2. The van der Waals surface area contributed by atoms with Gasteiger partial charge in [0.25, 0.3) is 11.8 Å². The number of fused-ring (bicyclic) bond motifs is 1. The number of nitrogens with zero attached hydrogens (tertiary/aromatic N) is 2. The van der Waals surface area contributed by atoms with E-state index in [1.165, 1.54) is 12.1 Å². The van der Waals surface area contributed by atoms with Gasteiger partial charge < -0.3 is 10.2 Å². The Labute approximate surface area is 162 Å². The summed E-state index contributed by atoms with van der Waals surface area (Å²) in [5.41, 5.74) is 2.23. The molecule has 0 bridgehead atoms. The molecule has 3 rings (SSSR count). The Balaban J connectivity index is 1.72. The predicted octanol–water partition coefficient (Wildman–Crippen LogP) is 3.22. The second-order valence-electron chi connectivity index (χ2n) is 6.58. The highest BCUT2D eigenvalue weighted by Crippen LogP contribution is 2.26. The average molecular weight is 383 g/mol. The smallest absolute Gasteiger partial charge is 0.265 e. The first-order valence-corrected chi connectivity index (χ1v) is 9.17. The minimum Gasteiger partial charge on any atom is -0.372 e. The number of amides is 3. The van der Waals surface area contributed by atoms with Gasteiger partial charge in [0.1, 0.15) is 12.4 Å². The number of nitrogens with one attached hydrogen (secondary N) is 1. The summed E-state index contributed by atoms with van der Waals surface area (Å²) >= 11 is 0. The lowest BCUT2D eigenvalue weighted by molar-refractivity contribution is -0.116. The van der Waals surface area contributed by atoms with Crippen LogP contribution in [0.1, 0.15) is 40.1 Å². The highest BCUT2D eigenvalue weighted by atomic mass is 19.1. The molecule has 0 radical (unpaired) electrons. The number of benzene rings is 2. The zero-order valence-electron chi connectivity index (χ0n) is 16.1. The molecule has 3 amide bonds. The van der Waals surface area contributed by atoms with Crippen LogP contribution in [0.5, 0.6) is 0 Å². The van der Waals surface area contributed by atoms with E-state index >= 15 is 0 Å². The lowest BCUT2D eigenvalue weighted by Crippen LogP contribution is -2.37. The van der Waals surface area contributed by atoms with Gasteiger partial charge in [0.15, 0.2) is 0 Å². The van der Waals surface area contributed by atoms with E-state index in [0.29, 0.717) is 5.69 Å². The minimum atomic E-state index is -0.790. The van der Waals surface area contributed by atoms with E-state index in [0.717, 1.165) is 35.3 Å². The molecule has 0 atom stereocenters. The molecule has 0 spiro atoms. The summed E-state index contributed by atoms with van der Waals surface area (Å²) in [6.07, 6.45) is 0. The Morgan fingerprint density at radius 3 is 2.43 bits per heavy atom. The molecule has 2 aromatic carbocycles. The summed E-state index contributed by atoms with van der Waals surface area (Å²) in [7, 11) is 0. The van der Waals surface area contributed by atoms with Crippen LogP contribution in [-0.2, 0) is 4.79 Å². The Bertz CT molecular complexity index is 954. The van der Waals surface area contributed by atoms with Gasteiger partial charge in [0, 0.05) is 24.5 Å². The van der Waals surface area contributed by atoms with E-state index in [9.17, 15) is 18.8 Å². The van der Waals surface area contributed by atoms with Gasteiger partial charge in [-0.25, -0.2) is 4.39 Å². The van der Waals surface area contributed by atoms with Crippen molar-refractivity contribution in [2.24, 2.45) is 0 Å². The molecule has 2 aromatic rings. The van der Waals surface area contributed by atoms with Gasteiger partial charge in [0.2, 0.25) is 5.91 Å². The number of hydrogen-bond acceptors (Lipinski definition) is 4. The maximum atomic E-state index is 13.9. The Morgan fingerprint density at radius 2 is 1.82 bits per heavy atom. The molecule has 1 aliphatic heterocycles. The Hall–Kier alpha value is -3.22. The molecule has 7 heteroatoms. The van der Waals surface area contributed by atoms with Crippen molar-refractivity contribution in [2.75, 3.05) is 29.9 Å². The molecule has 6 nitrogen and oxygen atoms in total. The van der Waals surface area contributed by atoms with Crippen LogP contribution in [0.15, 0.2) is 36.4 Å². The fourth-order valence-electron chi connectivity index (χ4n) is 3.34. The lowest BCUT2D eigenvalue weighted by Gasteiger charge is -2.22. The number of carbonyl (C=O) groups is 3. The van der Waals surface area contributed by atoms with Gasteiger partial charge in [0.05, 0.1) is 11.1 Å². The number of hydrogen-bond donors (Lipinski definition) is 1. The molecular formula is C21H22FN3O3.